The van der Waals surface area contributed by atoms with Crippen LogP contribution in [0.1, 0.15) is 27.4 Å². The molecule has 86 valence electrons. The van der Waals surface area contributed by atoms with Crippen LogP contribution in [0, 0.1) is 6.92 Å². The Labute approximate surface area is 99.0 Å². The van der Waals surface area contributed by atoms with Crippen molar-refractivity contribution in [2.24, 2.45) is 0 Å². The molecule has 0 atom stereocenters. The molecule has 2 rings (SSSR count). The number of hydrogen-bond donors (Lipinski definition) is 1. The van der Waals surface area contributed by atoms with Gasteiger partial charge in [0.1, 0.15) is 5.82 Å². The lowest BCUT2D eigenvalue weighted by Gasteiger charge is -2.02. The summed E-state index contributed by atoms with van der Waals surface area (Å²) in [6, 6.07) is 9.39. The van der Waals surface area contributed by atoms with Gasteiger partial charge >= 0.3 is 5.97 Å². The number of aromatic carboxylic acids is 1. The summed E-state index contributed by atoms with van der Waals surface area (Å²) in [5.41, 5.74) is 2.29. The molecule has 4 heteroatoms. The van der Waals surface area contributed by atoms with E-state index in [0.717, 1.165) is 5.56 Å². The molecule has 17 heavy (non-hydrogen) atoms. The highest BCUT2D eigenvalue weighted by Gasteiger charge is 2.06. The second kappa shape index (κ2) is 4.74. The molecule has 1 aromatic heterocycles. The summed E-state index contributed by atoms with van der Waals surface area (Å²) in [6.45, 7) is 2.02. The van der Waals surface area contributed by atoms with Crippen molar-refractivity contribution in [3.05, 3.63) is 59.2 Å². The topological polar surface area (TPSA) is 63.1 Å². The highest BCUT2D eigenvalue weighted by atomic mass is 16.4. The lowest BCUT2D eigenvalue weighted by molar-refractivity contribution is 0.0690. The summed E-state index contributed by atoms with van der Waals surface area (Å²) in [5, 5.41) is 8.82. The summed E-state index contributed by atoms with van der Waals surface area (Å²) < 4.78 is 0. The molecule has 0 saturated heterocycles. The van der Waals surface area contributed by atoms with Crippen molar-refractivity contribution in [3.8, 4) is 0 Å². The molecule has 1 heterocycles. The Morgan fingerprint density at radius 3 is 2.59 bits per heavy atom. The lowest BCUT2D eigenvalue weighted by atomic mass is 10.1. The standard InChI is InChI=1S/C13H12N2O2/c1-9-2-4-10(5-3-9)8-12-14-7-6-11(15-12)13(16)17/h2-7H,8H2,1H3,(H,16,17). The first kappa shape index (κ1) is 11.3. The van der Waals surface area contributed by atoms with E-state index in [0.29, 0.717) is 12.2 Å². The van der Waals surface area contributed by atoms with Crippen molar-refractivity contribution >= 4 is 5.97 Å². The van der Waals surface area contributed by atoms with Crippen LogP contribution in [0.15, 0.2) is 36.5 Å². The smallest absolute Gasteiger partial charge is 0.354 e. The molecule has 1 N–H and O–H groups in total. The van der Waals surface area contributed by atoms with Crippen LogP contribution in [0.4, 0.5) is 0 Å². The molecule has 0 spiro atoms. The van der Waals surface area contributed by atoms with E-state index in [1.807, 2.05) is 31.2 Å². The number of hydrogen-bond acceptors (Lipinski definition) is 3. The third-order valence-electron chi connectivity index (χ3n) is 2.41. The molecule has 0 fully saturated rings. The Morgan fingerprint density at radius 1 is 1.24 bits per heavy atom. The van der Waals surface area contributed by atoms with Gasteiger partial charge in [-0.15, -0.1) is 0 Å². The predicted octanol–water partition coefficient (Wildman–Crippen LogP) is 2.07. The fraction of sp³-hybridized carbons (Fsp3) is 0.154. The quantitative estimate of drug-likeness (QED) is 0.873. The molecule has 0 unspecified atom stereocenters. The normalized spacial score (nSPS) is 10.2. The zero-order valence-corrected chi connectivity index (χ0v) is 9.42. The molecule has 0 aliphatic carbocycles. The van der Waals surface area contributed by atoms with E-state index in [4.69, 9.17) is 5.11 Å². The number of carbonyl (C=O) groups is 1. The van der Waals surface area contributed by atoms with Crippen molar-refractivity contribution < 1.29 is 9.90 Å². The number of rotatable bonds is 3. The van der Waals surface area contributed by atoms with Gasteiger partial charge in [0.25, 0.3) is 0 Å². The average molecular weight is 228 g/mol. The number of aromatic nitrogens is 2. The summed E-state index contributed by atoms with van der Waals surface area (Å²) in [6.07, 6.45) is 2.02. The Bertz CT molecular complexity index is 535. The van der Waals surface area contributed by atoms with Crippen molar-refractivity contribution in [3.63, 3.8) is 0 Å². The van der Waals surface area contributed by atoms with E-state index in [1.165, 1.54) is 17.8 Å². The van der Waals surface area contributed by atoms with E-state index in [2.05, 4.69) is 9.97 Å². The minimum Gasteiger partial charge on any atom is -0.477 e. The second-order valence-corrected chi connectivity index (χ2v) is 3.83. The van der Waals surface area contributed by atoms with Crippen LogP contribution < -0.4 is 0 Å². The first-order chi connectivity index (χ1) is 8.15. The average Bonchev–Trinajstić information content (AvgIpc) is 2.32. The molecule has 2 aromatic rings. The van der Waals surface area contributed by atoms with Gasteiger partial charge in [-0.2, -0.15) is 0 Å². The third-order valence-corrected chi connectivity index (χ3v) is 2.41. The fourth-order valence-electron chi connectivity index (χ4n) is 1.49. The number of nitrogens with zero attached hydrogens (tertiary/aromatic N) is 2. The Morgan fingerprint density at radius 2 is 1.94 bits per heavy atom. The van der Waals surface area contributed by atoms with Crippen LogP contribution in [0.3, 0.4) is 0 Å². The Kier molecular flexibility index (Phi) is 3.14. The van der Waals surface area contributed by atoms with Gasteiger partial charge in [-0.1, -0.05) is 29.8 Å². The number of carboxylic acid groups (broad SMARTS) is 1. The van der Waals surface area contributed by atoms with E-state index in [1.54, 1.807) is 0 Å². The summed E-state index contributed by atoms with van der Waals surface area (Å²) in [4.78, 5) is 18.8. The summed E-state index contributed by atoms with van der Waals surface area (Å²) in [5.74, 6) is -0.508. The molecular weight excluding hydrogens is 216 g/mol. The molecule has 0 amide bonds. The molecule has 4 nitrogen and oxygen atoms in total. The SMILES string of the molecule is Cc1ccc(Cc2nccc(C(=O)O)n2)cc1. The molecule has 0 bridgehead atoms. The van der Waals surface area contributed by atoms with Crippen molar-refractivity contribution in [1.29, 1.82) is 0 Å². The largest absolute Gasteiger partial charge is 0.477 e. The number of aryl methyl sites for hydroxylation is 1. The Balaban J connectivity index is 2.21. The van der Waals surface area contributed by atoms with Crippen LogP contribution >= 0.6 is 0 Å². The van der Waals surface area contributed by atoms with Crippen molar-refractivity contribution in [2.75, 3.05) is 0 Å². The highest BCUT2D eigenvalue weighted by molar-refractivity contribution is 5.85. The Hall–Kier alpha value is -2.23. The molecular formula is C13H12N2O2. The maximum Gasteiger partial charge on any atom is 0.354 e. The zero-order valence-electron chi connectivity index (χ0n) is 9.42. The minimum absolute atomic E-state index is 0.0297. The zero-order chi connectivity index (χ0) is 12.3. The fourth-order valence-corrected chi connectivity index (χ4v) is 1.49. The first-order valence-corrected chi connectivity index (χ1v) is 5.26. The van der Waals surface area contributed by atoms with Crippen LogP contribution in [-0.4, -0.2) is 21.0 Å². The molecule has 0 aliphatic rings. The number of benzene rings is 1. The van der Waals surface area contributed by atoms with Gasteiger partial charge in [0.05, 0.1) is 0 Å². The van der Waals surface area contributed by atoms with Gasteiger partial charge in [0, 0.05) is 12.6 Å². The van der Waals surface area contributed by atoms with Crippen molar-refractivity contribution in [2.45, 2.75) is 13.3 Å². The van der Waals surface area contributed by atoms with Crippen LogP contribution in [0.2, 0.25) is 0 Å². The van der Waals surface area contributed by atoms with Gasteiger partial charge in [0.15, 0.2) is 5.69 Å². The maximum absolute atomic E-state index is 10.8. The van der Waals surface area contributed by atoms with Gasteiger partial charge in [-0.05, 0) is 18.6 Å². The lowest BCUT2D eigenvalue weighted by Crippen LogP contribution is -2.05. The van der Waals surface area contributed by atoms with Gasteiger partial charge in [-0.3, -0.25) is 0 Å². The van der Waals surface area contributed by atoms with Crippen LogP contribution in [0.5, 0.6) is 0 Å². The highest BCUT2D eigenvalue weighted by Crippen LogP contribution is 2.07. The monoisotopic (exact) mass is 228 g/mol. The first-order valence-electron chi connectivity index (χ1n) is 5.26. The van der Waals surface area contributed by atoms with Crippen molar-refractivity contribution in [1.82, 2.24) is 9.97 Å². The van der Waals surface area contributed by atoms with E-state index in [9.17, 15) is 4.79 Å². The van der Waals surface area contributed by atoms with Gasteiger partial charge in [-0.25, -0.2) is 14.8 Å². The predicted molar refractivity (Wildman–Crippen MR) is 63.0 cm³/mol. The van der Waals surface area contributed by atoms with E-state index in [-0.39, 0.29) is 5.69 Å². The minimum atomic E-state index is -1.03. The van der Waals surface area contributed by atoms with Gasteiger partial charge in [0.2, 0.25) is 0 Å². The second-order valence-electron chi connectivity index (χ2n) is 3.83. The maximum atomic E-state index is 10.8. The summed E-state index contributed by atoms with van der Waals surface area (Å²) in [7, 11) is 0. The third kappa shape index (κ3) is 2.87. The molecule has 0 aliphatic heterocycles. The molecule has 0 saturated carbocycles. The van der Waals surface area contributed by atoms with Crippen LogP contribution in [-0.2, 0) is 6.42 Å². The van der Waals surface area contributed by atoms with E-state index < -0.39 is 5.97 Å². The molecule has 0 radical (unpaired) electrons. The molecule has 1 aromatic carbocycles. The van der Waals surface area contributed by atoms with E-state index >= 15 is 0 Å². The van der Waals surface area contributed by atoms with Crippen LogP contribution in [0.25, 0.3) is 0 Å². The number of carboxylic acids is 1. The summed E-state index contributed by atoms with van der Waals surface area (Å²) >= 11 is 0. The van der Waals surface area contributed by atoms with Gasteiger partial charge < -0.3 is 5.11 Å².